The van der Waals surface area contributed by atoms with E-state index < -0.39 is 44.8 Å². The summed E-state index contributed by atoms with van der Waals surface area (Å²) in [5, 5.41) is 7.18. The van der Waals surface area contributed by atoms with Gasteiger partial charge in [0.25, 0.3) is 9.69 Å². The molecule has 136 valence electrons. The van der Waals surface area contributed by atoms with Crippen molar-refractivity contribution in [2.75, 3.05) is 0 Å². The SMILES string of the molecule is C[C@@H](OOC(=N)C(Cl)(Cl)Cl)c1cc(C(F)(F)F)cc(C(F)(F)F)c1. The molecule has 0 aliphatic heterocycles. The summed E-state index contributed by atoms with van der Waals surface area (Å²) >= 11 is 15.9. The average molecular weight is 419 g/mol. The largest absolute Gasteiger partial charge is 0.416 e. The lowest BCUT2D eigenvalue weighted by Crippen LogP contribution is -2.22. The number of nitrogens with one attached hydrogen (secondary N) is 1. The molecule has 1 aromatic rings. The molecule has 1 N–H and O–H groups in total. The fraction of sp³-hybridized carbons (Fsp3) is 0.417. The zero-order valence-electron chi connectivity index (χ0n) is 11.5. The standard InChI is InChI=1S/C12H8Cl3F6NO2/c1-5(23-24-9(22)10(13,14)15)6-2-7(11(16,17)18)4-8(3-6)12(19,20)21/h2-5,22H,1H3/t5-/m1/s1. The van der Waals surface area contributed by atoms with E-state index in [1.54, 1.807) is 0 Å². The molecule has 0 heterocycles. The van der Waals surface area contributed by atoms with E-state index >= 15 is 0 Å². The van der Waals surface area contributed by atoms with Crippen molar-refractivity contribution >= 4 is 40.7 Å². The molecule has 0 saturated carbocycles. The van der Waals surface area contributed by atoms with Crippen molar-refractivity contribution < 1.29 is 36.1 Å². The van der Waals surface area contributed by atoms with Gasteiger partial charge in [-0.15, -0.1) is 0 Å². The van der Waals surface area contributed by atoms with Gasteiger partial charge >= 0.3 is 12.4 Å². The van der Waals surface area contributed by atoms with Gasteiger partial charge < -0.3 is 4.89 Å². The lowest BCUT2D eigenvalue weighted by atomic mass is 10.0. The molecule has 0 aromatic heterocycles. The predicted molar refractivity (Wildman–Crippen MR) is 75.0 cm³/mol. The van der Waals surface area contributed by atoms with E-state index in [2.05, 4.69) is 9.78 Å². The van der Waals surface area contributed by atoms with Crippen LogP contribution in [-0.4, -0.2) is 9.69 Å². The first-order valence-electron chi connectivity index (χ1n) is 5.91. The molecular formula is C12H8Cl3F6NO2. The van der Waals surface area contributed by atoms with Crippen molar-refractivity contribution in [3.63, 3.8) is 0 Å². The summed E-state index contributed by atoms with van der Waals surface area (Å²) in [6, 6.07) is 0.894. The second-order valence-electron chi connectivity index (χ2n) is 4.49. The fourth-order valence-corrected chi connectivity index (χ4v) is 1.53. The maximum absolute atomic E-state index is 12.7. The average Bonchev–Trinajstić information content (AvgIpc) is 2.40. The molecule has 0 spiro atoms. The second kappa shape index (κ2) is 7.15. The molecule has 0 bridgehead atoms. The number of halogens is 9. The van der Waals surface area contributed by atoms with Crippen molar-refractivity contribution in [2.24, 2.45) is 0 Å². The number of alkyl halides is 9. The summed E-state index contributed by atoms with van der Waals surface area (Å²) in [7, 11) is 0. The Balaban J connectivity index is 3.11. The molecule has 0 aliphatic carbocycles. The van der Waals surface area contributed by atoms with E-state index in [4.69, 9.17) is 40.2 Å². The molecule has 0 amide bonds. The van der Waals surface area contributed by atoms with Crippen LogP contribution in [0.15, 0.2) is 18.2 Å². The van der Waals surface area contributed by atoms with Crippen LogP contribution in [0, 0.1) is 5.41 Å². The number of hydrogen-bond acceptors (Lipinski definition) is 3. The quantitative estimate of drug-likeness (QED) is 0.161. The van der Waals surface area contributed by atoms with Gasteiger partial charge in [0.05, 0.1) is 11.1 Å². The monoisotopic (exact) mass is 417 g/mol. The topological polar surface area (TPSA) is 42.3 Å². The molecule has 3 nitrogen and oxygen atoms in total. The van der Waals surface area contributed by atoms with Gasteiger partial charge in [-0.1, -0.05) is 34.8 Å². The van der Waals surface area contributed by atoms with E-state index in [0.29, 0.717) is 12.1 Å². The van der Waals surface area contributed by atoms with Crippen LogP contribution in [0.25, 0.3) is 0 Å². The van der Waals surface area contributed by atoms with Crippen LogP contribution in [0.3, 0.4) is 0 Å². The van der Waals surface area contributed by atoms with Crippen molar-refractivity contribution in [2.45, 2.75) is 29.2 Å². The normalized spacial score (nSPS) is 14.4. The first-order valence-corrected chi connectivity index (χ1v) is 7.04. The van der Waals surface area contributed by atoms with Crippen LogP contribution in [-0.2, 0) is 22.1 Å². The van der Waals surface area contributed by atoms with E-state index in [-0.39, 0.29) is 6.07 Å². The van der Waals surface area contributed by atoms with E-state index in [1.165, 1.54) is 0 Å². The summed E-state index contributed by atoms with van der Waals surface area (Å²) in [6.45, 7) is 1.10. The van der Waals surface area contributed by atoms with Gasteiger partial charge in [0.1, 0.15) is 6.10 Å². The molecule has 0 aliphatic rings. The van der Waals surface area contributed by atoms with Gasteiger partial charge in [0.2, 0.25) is 0 Å². The van der Waals surface area contributed by atoms with Crippen LogP contribution in [0.5, 0.6) is 0 Å². The Labute approximate surface area is 146 Å². The molecule has 0 radical (unpaired) electrons. The van der Waals surface area contributed by atoms with Gasteiger partial charge in [0.15, 0.2) is 0 Å². The summed E-state index contributed by atoms with van der Waals surface area (Å²) in [6.07, 6.45) is -11.4. The van der Waals surface area contributed by atoms with Gasteiger partial charge in [-0.25, -0.2) is 0 Å². The summed E-state index contributed by atoms with van der Waals surface area (Å²) < 4.78 is 74.2. The minimum absolute atomic E-state index is 0.0273. The summed E-state index contributed by atoms with van der Waals surface area (Å²) in [5.74, 6) is -1.01. The Kier molecular flexibility index (Phi) is 6.30. The zero-order chi connectivity index (χ0) is 18.9. The maximum Gasteiger partial charge on any atom is 0.416 e. The third kappa shape index (κ3) is 5.87. The minimum Gasteiger partial charge on any atom is -0.317 e. The smallest absolute Gasteiger partial charge is 0.317 e. The van der Waals surface area contributed by atoms with Crippen LogP contribution < -0.4 is 0 Å². The summed E-state index contributed by atoms with van der Waals surface area (Å²) in [4.78, 5) is 8.84. The van der Waals surface area contributed by atoms with Gasteiger partial charge in [0, 0.05) is 0 Å². The van der Waals surface area contributed by atoms with Gasteiger partial charge in [-0.3, -0.25) is 5.41 Å². The number of benzene rings is 1. The van der Waals surface area contributed by atoms with Crippen molar-refractivity contribution in [3.8, 4) is 0 Å². The first kappa shape index (κ1) is 21.1. The lowest BCUT2D eigenvalue weighted by Gasteiger charge is -2.19. The number of rotatable bonds is 3. The predicted octanol–water partition coefficient (Wildman–Crippen LogP) is 6.08. The van der Waals surface area contributed by atoms with E-state index in [9.17, 15) is 26.3 Å². The van der Waals surface area contributed by atoms with Crippen LogP contribution >= 0.6 is 34.8 Å². The van der Waals surface area contributed by atoms with E-state index in [1.807, 2.05) is 0 Å². The highest BCUT2D eigenvalue weighted by atomic mass is 35.6. The van der Waals surface area contributed by atoms with E-state index in [0.717, 1.165) is 6.92 Å². The number of hydrogen-bond donors (Lipinski definition) is 1. The van der Waals surface area contributed by atoms with Crippen LogP contribution in [0.1, 0.15) is 29.7 Å². The van der Waals surface area contributed by atoms with Crippen LogP contribution in [0.4, 0.5) is 26.3 Å². The van der Waals surface area contributed by atoms with Crippen molar-refractivity contribution in [1.29, 1.82) is 5.41 Å². The van der Waals surface area contributed by atoms with Crippen molar-refractivity contribution in [1.82, 2.24) is 0 Å². The Morgan fingerprint density at radius 3 is 1.71 bits per heavy atom. The maximum atomic E-state index is 12.7. The van der Waals surface area contributed by atoms with Gasteiger partial charge in [-0.05, 0) is 30.7 Å². The Hall–Kier alpha value is -0.900. The molecule has 1 aromatic carbocycles. The Morgan fingerprint density at radius 1 is 0.958 bits per heavy atom. The third-order valence-electron chi connectivity index (χ3n) is 2.61. The molecule has 0 unspecified atom stereocenters. The fourth-order valence-electron chi connectivity index (χ4n) is 1.44. The molecule has 0 fully saturated rings. The highest BCUT2D eigenvalue weighted by Crippen LogP contribution is 2.38. The molecule has 1 atom stereocenters. The molecule has 1 rings (SSSR count). The Morgan fingerprint density at radius 2 is 1.38 bits per heavy atom. The minimum atomic E-state index is -5.00. The van der Waals surface area contributed by atoms with Crippen LogP contribution in [0.2, 0.25) is 0 Å². The zero-order valence-corrected chi connectivity index (χ0v) is 13.8. The second-order valence-corrected chi connectivity index (χ2v) is 6.77. The first-order chi connectivity index (χ1) is 10.6. The van der Waals surface area contributed by atoms with Gasteiger partial charge in [-0.2, -0.15) is 31.2 Å². The molecule has 24 heavy (non-hydrogen) atoms. The molecule has 12 heteroatoms. The Bertz CT molecular complexity index is 580. The summed E-state index contributed by atoms with van der Waals surface area (Å²) in [5.41, 5.74) is -3.52. The molecular weight excluding hydrogens is 410 g/mol. The third-order valence-corrected chi connectivity index (χ3v) is 3.13. The lowest BCUT2D eigenvalue weighted by molar-refractivity contribution is -0.259. The highest BCUT2D eigenvalue weighted by Gasteiger charge is 2.37. The highest BCUT2D eigenvalue weighted by molar-refractivity contribution is 6.75. The van der Waals surface area contributed by atoms with Crippen molar-refractivity contribution in [3.05, 3.63) is 34.9 Å². The molecule has 0 saturated heterocycles.